The van der Waals surface area contributed by atoms with Crippen LogP contribution in [0.25, 0.3) is 32.0 Å². The van der Waals surface area contributed by atoms with Crippen LogP contribution in [0.5, 0.6) is 5.75 Å². The number of aromatic nitrogens is 4. The van der Waals surface area contributed by atoms with E-state index in [1.54, 1.807) is 24.5 Å². The number of thiophene rings is 1. The summed E-state index contributed by atoms with van der Waals surface area (Å²) in [5, 5.41) is 13.9. The molecular weight excluding hydrogens is 699 g/mol. The average Bonchev–Trinajstić information content (AvgIpc) is 3.99. The first-order valence-electron chi connectivity index (χ1n) is 17.7. The first kappa shape index (κ1) is 33.0. The second-order valence-electron chi connectivity index (χ2n) is 13.8. The van der Waals surface area contributed by atoms with Crippen molar-refractivity contribution >= 4 is 44.7 Å². The maximum absolute atomic E-state index is 14.4. The van der Waals surface area contributed by atoms with Gasteiger partial charge in [-0.05, 0) is 104 Å². The summed E-state index contributed by atoms with van der Waals surface area (Å²) in [6, 6.07) is 13.6. The molecule has 52 heavy (non-hydrogen) atoms. The van der Waals surface area contributed by atoms with Crippen LogP contribution in [-0.2, 0) is 19.3 Å². The molecule has 4 aliphatic rings. The molecule has 0 bridgehead atoms. The van der Waals surface area contributed by atoms with Crippen molar-refractivity contribution in [2.75, 3.05) is 19.0 Å². The quantitative estimate of drug-likeness (QED) is 0.187. The van der Waals surface area contributed by atoms with Gasteiger partial charge < -0.3 is 19.4 Å². The van der Waals surface area contributed by atoms with Crippen molar-refractivity contribution in [1.29, 1.82) is 0 Å². The van der Waals surface area contributed by atoms with Gasteiger partial charge in [0.25, 0.3) is 5.91 Å². The van der Waals surface area contributed by atoms with Crippen molar-refractivity contribution in [3.63, 3.8) is 0 Å². The highest BCUT2D eigenvalue weighted by Crippen LogP contribution is 2.50. The lowest BCUT2D eigenvalue weighted by Gasteiger charge is -2.16. The number of anilines is 1. The molecule has 0 saturated carbocycles. The predicted octanol–water partition coefficient (Wildman–Crippen LogP) is 9.39. The molecule has 1 saturated heterocycles. The number of hydrogen-bond donors (Lipinski definition) is 1. The van der Waals surface area contributed by atoms with Crippen LogP contribution in [0.1, 0.15) is 87.7 Å². The smallest absolute Gasteiger partial charge is 0.257 e. The average molecular weight is 735 g/mol. The van der Waals surface area contributed by atoms with Crippen LogP contribution in [0.4, 0.5) is 10.2 Å². The fourth-order valence-corrected chi connectivity index (χ4v) is 9.80. The Kier molecular flexibility index (Phi) is 8.23. The highest BCUT2D eigenvalue weighted by Gasteiger charge is 2.44. The minimum absolute atomic E-state index is 0.000886. The SMILES string of the molecule is COc1c(F)ccc2c1CCC2Nc1nccc2cc(-c3c4c(nc(C)c3-c3nnc(C)o3)C3CCCN3C4=O)sc12.Clc1ccc2c(c1)CCC2. The lowest BCUT2D eigenvalue weighted by atomic mass is 9.95. The molecule has 0 radical (unpaired) electrons. The number of ether oxygens (including phenoxy) is 1. The largest absolute Gasteiger partial charge is 0.493 e. The van der Waals surface area contributed by atoms with E-state index in [-0.39, 0.29) is 23.8 Å². The summed E-state index contributed by atoms with van der Waals surface area (Å²) in [7, 11) is 1.51. The van der Waals surface area contributed by atoms with Gasteiger partial charge >= 0.3 is 0 Å². The van der Waals surface area contributed by atoms with Crippen molar-refractivity contribution in [2.24, 2.45) is 0 Å². The summed E-state index contributed by atoms with van der Waals surface area (Å²) in [4.78, 5) is 26.4. The topological polar surface area (TPSA) is 106 Å². The first-order chi connectivity index (χ1) is 25.3. The molecule has 264 valence electrons. The minimum atomic E-state index is -0.345. The fraction of sp³-hybridized carbons (Fsp3) is 0.325. The van der Waals surface area contributed by atoms with Crippen LogP contribution in [0, 0.1) is 19.7 Å². The van der Waals surface area contributed by atoms with E-state index in [1.165, 1.54) is 43.6 Å². The van der Waals surface area contributed by atoms with Gasteiger partial charge in [-0.3, -0.25) is 9.78 Å². The van der Waals surface area contributed by atoms with E-state index in [4.69, 9.17) is 30.7 Å². The van der Waals surface area contributed by atoms with Gasteiger partial charge in [-0.15, -0.1) is 21.5 Å². The van der Waals surface area contributed by atoms with Gasteiger partial charge in [-0.25, -0.2) is 9.37 Å². The number of nitrogens with one attached hydrogen (secondary N) is 1. The molecule has 2 aromatic carbocycles. The summed E-state index contributed by atoms with van der Waals surface area (Å²) in [5.41, 5.74) is 8.56. The Balaban J connectivity index is 0.000000310. The Bertz CT molecular complexity index is 2410. The number of fused-ring (bicyclic) bond motifs is 6. The standard InChI is InChI=1S/C31H27FN6O3S.C9H9Cl/c1-14-23(30-37-36-15(2)41-30)24(25-26(34-14)21-5-4-12-38(21)31(25)39)22-13-16-10-11-33-29(28(16)42-22)35-20-9-7-18-17(20)6-8-19(32)27(18)40-3;10-9-5-4-7-2-1-3-8(7)6-9/h6,8,10-11,13,20-21H,4-5,7,9,12H2,1-3H3,(H,33,35);4-6H,1-3H2. The third kappa shape index (κ3) is 5.44. The molecule has 1 amide bonds. The Morgan fingerprint density at radius 2 is 1.87 bits per heavy atom. The van der Waals surface area contributed by atoms with Gasteiger partial charge in [0.2, 0.25) is 11.8 Å². The van der Waals surface area contributed by atoms with Crippen LogP contribution < -0.4 is 10.1 Å². The van der Waals surface area contributed by atoms with Crippen molar-refractivity contribution in [3.8, 4) is 27.6 Å². The highest BCUT2D eigenvalue weighted by atomic mass is 35.5. The van der Waals surface area contributed by atoms with E-state index in [9.17, 15) is 9.18 Å². The first-order valence-corrected chi connectivity index (χ1v) is 18.9. The predicted molar refractivity (Wildman–Crippen MR) is 200 cm³/mol. The Hall–Kier alpha value is -4.87. The van der Waals surface area contributed by atoms with Gasteiger partial charge in [0, 0.05) is 40.7 Å². The number of nitrogens with zero attached hydrogens (tertiary/aromatic N) is 5. The summed E-state index contributed by atoms with van der Waals surface area (Å²) in [5.74, 6) is 1.52. The number of carbonyl (C=O) groups excluding carboxylic acids is 1. The Morgan fingerprint density at radius 1 is 1.00 bits per heavy atom. The second kappa shape index (κ2) is 13.0. The van der Waals surface area contributed by atoms with Crippen molar-refractivity contribution in [2.45, 2.75) is 70.9 Å². The van der Waals surface area contributed by atoms with Crippen LogP contribution in [0.15, 0.2) is 53.1 Å². The summed E-state index contributed by atoms with van der Waals surface area (Å²) >= 11 is 7.40. The van der Waals surface area contributed by atoms with E-state index in [2.05, 4.69) is 33.7 Å². The number of halogens is 2. The molecule has 2 unspecified atom stereocenters. The molecular formula is C40H36ClFN6O3S. The van der Waals surface area contributed by atoms with E-state index in [0.29, 0.717) is 28.7 Å². The number of carbonyl (C=O) groups is 1. The van der Waals surface area contributed by atoms with E-state index < -0.39 is 0 Å². The number of hydrogen-bond acceptors (Lipinski definition) is 9. The van der Waals surface area contributed by atoms with E-state index in [1.807, 2.05) is 30.0 Å². The zero-order valence-corrected chi connectivity index (χ0v) is 30.6. The Labute approximate surface area is 309 Å². The van der Waals surface area contributed by atoms with Gasteiger partial charge in [0.15, 0.2) is 11.6 Å². The number of aryl methyl sites for hydroxylation is 4. The van der Waals surface area contributed by atoms with Crippen LogP contribution in [0.3, 0.4) is 0 Å². The number of methoxy groups -OCH3 is 1. The van der Waals surface area contributed by atoms with Crippen molar-refractivity contribution in [1.82, 2.24) is 25.1 Å². The molecule has 2 atom stereocenters. The number of amides is 1. The molecule has 2 aliphatic heterocycles. The molecule has 1 N–H and O–H groups in total. The van der Waals surface area contributed by atoms with Crippen molar-refractivity contribution < 1.29 is 18.3 Å². The third-order valence-electron chi connectivity index (χ3n) is 10.8. The van der Waals surface area contributed by atoms with Gasteiger partial charge in [0.1, 0.15) is 5.82 Å². The number of rotatable bonds is 5. The van der Waals surface area contributed by atoms with Gasteiger partial charge in [-0.2, -0.15) is 0 Å². The molecule has 6 aromatic rings. The fourth-order valence-electron chi connectivity index (χ4n) is 8.44. The molecule has 4 aromatic heterocycles. The highest BCUT2D eigenvalue weighted by molar-refractivity contribution is 7.23. The van der Waals surface area contributed by atoms with Gasteiger partial charge in [0.05, 0.1) is 46.4 Å². The van der Waals surface area contributed by atoms with Crippen LogP contribution >= 0.6 is 22.9 Å². The van der Waals surface area contributed by atoms with Gasteiger partial charge in [-0.1, -0.05) is 23.7 Å². The second-order valence-corrected chi connectivity index (χ2v) is 15.3. The molecule has 6 heterocycles. The molecule has 12 heteroatoms. The van der Waals surface area contributed by atoms with Crippen LogP contribution in [0.2, 0.25) is 5.02 Å². The minimum Gasteiger partial charge on any atom is -0.493 e. The maximum atomic E-state index is 14.4. The molecule has 2 aliphatic carbocycles. The van der Waals surface area contributed by atoms with Crippen LogP contribution in [-0.4, -0.2) is 44.6 Å². The lowest BCUT2D eigenvalue weighted by molar-refractivity contribution is 0.0776. The third-order valence-corrected chi connectivity index (χ3v) is 12.2. The number of pyridine rings is 2. The zero-order valence-electron chi connectivity index (χ0n) is 29.1. The normalized spacial score (nSPS) is 18.2. The summed E-state index contributed by atoms with van der Waals surface area (Å²) in [6.45, 7) is 4.42. The van der Waals surface area contributed by atoms with E-state index in [0.717, 1.165) is 86.1 Å². The maximum Gasteiger partial charge on any atom is 0.257 e. The molecule has 1 fully saturated rings. The molecule has 9 nitrogen and oxygen atoms in total. The molecule has 0 spiro atoms. The molecule has 10 rings (SSSR count). The number of benzene rings is 2. The monoisotopic (exact) mass is 734 g/mol. The zero-order chi connectivity index (χ0) is 35.7. The van der Waals surface area contributed by atoms with Crippen molar-refractivity contribution in [3.05, 3.63) is 105 Å². The summed E-state index contributed by atoms with van der Waals surface area (Å²) < 4.78 is 26.6. The van der Waals surface area contributed by atoms with E-state index >= 15 is 0 Å². The summed E-state index contributed by atoms with van der Waals surface area (Å²) in [6.07, 6.45) is 8.95. The lowest BCUT2D eigenvalue weighted by Crippen LogP contribution is -2.22. The Morgan fingerprint density at radius 3 is 2.69 bits per heavy atom.